The molecule has 7 heteroatoms. The lowest BCUT2D eigenvalue weighted by Crippen LogP contribution is -2.38. The molecule has 0 N–H and O–H groups in total. The van der Waals surface area contributed by atoms with Crippen molar-refractivity contribution in [3.05, 3.63) is 52.0 Å². The molecule has 1 saturated carbocycles. The van der Waals surface area contributed by atoms with Gasteiger partial charge in [-0.3, -0.25) is 4.79 Å². The highest BCUT2D eigenvalue weighted by atomic mass is 35.5. The molecule has 0 radical (unpaired) electrons. The van der Waals surface area contributed by atoms with Crippen LogP contribution in [0, 0.1) is 5.92 Å². The van der Waals surface area contributed by atoms with Crippen LogP contribution in [0.25, 0.3) is 0 Å². The molecule has 1 unspecified atom stereocenters. The molecular weight excluding hydrogens is 385 g/mol. The van der Waals surface area contributed by atoms with Crippen LogP contribution in [0.5, 0.6) is 0 Å². The van der Waals surface area contributed by atoms with Crippen LogP contribution < -0.4 is 0 Å². The number of aromatic nitrogens is 2. The number of rotatable bonds is 7. The highest BCUT2D eigenvalue weighted by Crippen LogP contribution is 2.32. The van der Waals surface area contributed by atoms with E-state index in [2.05, 4.69) is 9.55 Å². The maximum Gasteiger partial charge on any atom is 0.226 e. The lowest BCUT2D eigenvalue weighted by Gasteiger charge is -2.25. The van der Waals surface area contributed by atoms with Crippen molar-refractivity contribution in [2.45, 2.75) is 44.9 Å². The number of carbonyl (C=O) groups excluding carboxylic acids is 1. The van der Waals surface area contributed by atoms with Gasteiger partial charge in [-0.05, 0) is 43.4 Å². The van der Waals surface area contributed by atoms with E-state index in [-0.39, 0.29) is 17.9 Å². The summed E-state index contributed by atoms with van der Waals surface area (Å²) in [5.74, 6) is 1.28. The van der Waals surface area contributed by atoms with E-state index in [9.17, 15) is 4.79 Å². The summed E-state index contributed by atoms with van der Waals surface area (Å²) >= 11 is 12.1. The number of amides is 1. The number of carbonyl (C=O) groups is 1. The summed E-state index contributed by atoms with van der Waals surface area (Å²) in [6, 6.07) is 5.63. The lowest BCUT2D eigenvalue weighted by molar-refractivity contribution is -0.135. The number of imidazole rings is 1. The van der Waals surface area contributed by atoms with Gasteiger partial charge in [0.05, 0.1) is 22.7 Å². The topological polar surface area (TPSA) is 47.4 Å². The fourth-order valence-corrected chi connectivity index (χ4v) is 3.82. The largest absolute Gasteiger partial charge is 0.376 e. The Morgan fingerprint density at radius 2 is 2.11 bits per heavy atom. The third-order valence-electron chi connectivity index (χ3n) is 5.16. The van der Waals surface area contributed by atoms with Gasteiger partial charge in [-0.15, -0.1) is 0 Å². The molecule has 2 aliphatic rings. The summed E-state index contributed by atoms with van der Waals surface area (Å²) in [5, 5.41) is 1.09. The van der Waals surface area contributed by atoms with Crippen molar-refractivity contribution in [1.82, 2.24) is 14.5 Å². The van der Waals surface area contributed by atoms with Crippen LogP contribution in [-0.2, 0) is 22.6 Å². The maximum atomic E-state index is 12.8. The zero-order chi connectivity index (χ0) is 18.8. The van der Waals surface area contributed by atoms with Gasteiger partial charge in [0, 0.05) is 38.0 Å². The average Bonchev–Trinajstić information content (AvgIpc) is 3.21. The van der Waals surface area contributed by atoms with Crippen molar-refractivity contribution in [3.63, 3.8) is 0 Å². The van der Waals surface area contributed by atoms with E-state index in [4.69, 9.17) is 27.9 Å². The smallest absolute Gasteiger partial charge is 0.226 e. The summed E-state index contributed by atoms with van der Waals surface area (Å²) in [4.78, 5) is 19.2. The molecule has 2 fully saturated rings. The molecule has 1 aliphatic carbocycles. The minimum Gasteiger partial charge on any atom is -0.376 e. The fourth-order valence-electron chi connectivity index (χ4n) is 3.50. The quantitative estimate of drug-likeness (QED) is 0.692. The molecule has 1 saturated heterocycles. The Balaban J connectivity index is 1.48. The van der Waals surface area contributed by atoms with Gasteiger partial charge in [0.25, 0.3) is 0 Å². The van der Waals surface area contributed by atoms with E-state index in [1.165, 1.54) is 0 Å². The van der Waals surface area contributed by atoms with Gasteiger partial charge >= 0.3 is 0 Å². The Morgan fingerprint density at radius 1 is 1.26 bits per heavy atom. The third kappa shape index (κ3) is 4.65. The monoisotopic (exact) mass is 407 g/mol. The first-order valence-corrected chi connectivity index (χ1v) is 10.2. The predicted molar refractivity (Wildman–Crippen MR) is 105 cm³/mol. The Bertz CT molecular complexity index is 813. The van der Waals surface area contributed by atoms with E-state index >= 15 is 0 Å². The molecule has 1 atom stereocenters. The van der Waals surface area contributed by atoms with E-state index in [1.807, 2.05) is 23.2 Å². The van der Waals surface area contributed by atoms with Crippen molar-refractivity contribution >= 4 is 29.1 Å². The normalized spacial score (nSPS) is 19.4. The second-order valence-electron chi connectivity index (χ2n) is 7.35. The molecule has 1 amide bonds. The first-order chi connectivity index (χ1) is 13.1. The van der Waals surface area contributed by atoms with Crippen molar-refractivity contribution in [2.75, 3.05) is 13.2 Å². The van der Waals surface area contributed by atoms with Crippen LogP contribution >= 0.6 is 23.2 Å². The van der Waals surface area contributed by atoms with Crippen molar-refractivity contribution in [2.24, 2.45) is 5.92 Å². The van der Waals surface area contributed by atoms with Gasteiger partial charge in [-0.1, -0.05) is 29.3 Å². The number of ether oxygens (including phenoxy) is 1. The van der Waals surface area contributed by atoms with E-state index < -0.39 is 0 Å². The summed E-state index contributed by atoms with van der Waals surface area (Å²) in [7, 11) is 0. The second kappa shape index (κ2) is 8.21. The number of hydrogen-bond acceptors (Lipinski definition) is 3. The number of hydrogen-bond donors (Lipinski definition) is 0. The molecular formula is C20H23Cl2N3O2. The SMILES string of the molecule is O=C(C1CC1)N(Cc1nccn1Cc1ccc(Cl)c(Cl)c1)CC1CCCO1. The summed E-state index contributed by atoms with van der Waals surface area (Å²) in [5.41, 5.74) is 1.04. The first-order valence-electron chi connectivity index (χ1n) is 9.44. The van der Waals surface area contributed by atoms with Gasteiger partial charge in [-0.2, -0.15) is 0 Å². The average molecular weight is 408 g/mol. The third-order valence-corrected chi connectivity index (χ3v) is 5.90. The lowest BCUT2D eigenvalue weighted by atomic mass is 10.2. The van der Waals surface area contributed by atoms with Gasteiger partial charge in [0.15, 0.2) is 0 Å². The molecule has 5 nitrogen and oxygen atoms in total. The Morgan fingerprint density at radius 3 is 2.81 bits per heavy atom. The summed E-state index contributed by atoms with van der Waals surface area (Å²) < 4.78 is 7.81. The molecule has 144 valence electrons. The molecule has 1 aromatic carbocycles. The molecule has 2 aromatic rings. The van der Waals surface area contributed by atoms with Crippen LogP contribution in [0.15, 0.2) is 30.6 Å². The molecule has 0 spiro atoms. The first kappa shape index (κ1) is 18.8. The molecule has 4 rings (SSSR count). The van der Waals surface area contributed by atoms with E-state index in [0.717, 1.165) is 43.7 Å². The van der Waals surface area contributed by atoms with Crippen LogP contribution in [0.3, 0.4) is 0 Å². The zero-order valence-corrected chi connectivity index (χ0v) is 16.6. The second-order valence-corrected chi connectivity index (χ2v) is 8.16. The summed E-state index contributed by atoms with van der Waals surface area (Å²) in [6.45, 7) is 2.58. The van der Waals surface area contributed by atoms with Crippen molar-refractivity contribution in [1.29, 1.82) is 0 Å². The molecule has 1 aromatic heterocycles. The van der Waals surface area contributed by atoms with Crippen LogP contribution in [0.2, 0.25) is 10.0 Å². The number of benzene rings is 1. The molecule has 0 bridgehead atoms. The highest BCUT2D eigenvalue weighted by Gasteiger charge is 2.35. The van der Waals surface area contributed by atoms with Crippen molar-refractivity contribution < 1.29 is 9.53 Å². The number of nitrogens with zero attached hydrogens (tertiary/aromatic N) is 3. The highest BCUT2D eigenvalue weighted by molar-refractivity contribution is 6.42. The van der Waals surface area contributed by atoms with Gasteiger partial charge in [-0.25, -0.2) is 4.98 Å². The molecule has 2 heterocycles. The van der Waals surface area contributed by atoms with Crippen LogP contribution in [0.1, 0.15) is 37.1 Å². The standard InChI is InChI=1S/C20H23Cl2N3O2/c21-17-6-3-14(10-18(17)22)11-24-8-7-23-19(24)13-25(20(26)15-4-5-15)12-16-2-1-9-27-16/h3,6-8,10,15-16H,1-2,4-5,9,11-13H2. The Kier molecular flexibility index (Phi) is 5.71. The fraction of sp³-hybridized carbons (Fsp3) is 0.500. The van der Waals surface area contributed by atoms with E-state index in [1.54, 1.807) is 12.3 Å². The summed E-state index contributed by atoms with van der Waals surface area (Å²) in [6.07, 6.45) is 7.94. The van der Waals surface area contributed by atoms with Crippen LogP contribution in [-0.4, -0.2) is 39.6 Å². The van der Waals surface area contributed by atoms with Crippen LogP contribution in [0.4, 0.5) is 0 Å². The number of halogens is 2. The van der Waals surface area contributed by atoms with Gasteiger partial charge < -0.3 is 14.2 Å². The minimum absolute atomic E-state index is 0.145. The van der Waals surface area contributed by atoms with Gasteiger partial charge in [0.1, 0.15) is 5.82 Å². The van der Waals surface area contributed by atoms with Crippen molar-refractivity contribution in [3.8, 4) is 0 Å². The zero-order valence-electron chi connectivity index (χ0n) is 15.1. The Labute approximate surface area is 169 Å². The molecule has 1 aliphatic heterocycles. The van der Waals surface area contributed by atoms with E-state index in [0.29, 0.717) is 29.7 Å². The minimum atomic E-state index is 0.145. The predicted octanol–water partition coefficient (Wildman–Crippen LogP) is 4.16. The molecule has 27 heavy (non-hydrogen) atoms. The van der Waals surface area contributed by atoms with Gasteiger partial charge in [0.2, 0.25) is 5.91 Å². The Hall–Kier alpha value is -1.56. The maximum absolute atomic E-state index is 12.8.